The van der Waals surface area contributed by atoms with E-state index in [1.807, 2.05) is 6.92 Å². The predicted octanol–water partition coefficient (Wildman–Crippen LogP) is 1.58. The van der Waals surface area contributed by atoms with Crippen molar-refractivity contribution >= 4 is 15.7 Å². The number of hydrogen-bond donors (Lipinski definition) is 1. The number of nitrogens with zero attached hydrogens (tertiary/aromatic N) is 1. The molecule has 0 aromatic heterocycles. The van der Waals surface area contributed by atoms with Gasteiger partial charge in [0, 0.05) is 19.2 Å². The van der Waals surface area contributed by atoms with Crippen molar-refractivity contribution in [2.75, 3.05) is 29.8 Å². The molecule has 0 bridgehead atoms. The van der Waals surface area contributed by atoms with E-state index in [0.29, 0.717) is 18.8 Å². The van der Waals surface area contributed by atoms with Gasteiger partial charge in [0.2, 0.25) is 10.0 Å². The number of phenols is 1. The summed E-state index contributed by atoms with van der Waals surface area (Å²) in [6.45, 7) is 4.56. The molecule has 0 amide bonds. The molecule has 1 rings (SSSR count). The summed E-state index contributed by atoms with van der Waals surface area (Å²) in [5.41, 5.74) is 0.467. The maximum Gasteiger partial charge on any atom is 0.237 e. The largest absolute Gasteiger partial charge is 0.508 e. The van der Waals surface area contributed by atoms with Gasteiger partial charge in [-0.15, -0.1) is 0 Å². The van der Waals surface area contributed by atoms with Crippen LogP contribution in [0.4, 0.5) is 5.69 Å². The number of ether oxygens (including phenoxy) is 1. The Bertz CT molecular complexity index is 473. The molecule has 0 unspecified atom stereocenters. The lowest BCUT2D eigenvalue weighted by Gasteiger charge is -2.22. The van der Waals surface area contributed by atoms with E-state index in [1.165, 1.54) is 16.4 Å². The molecule has 1 aromatic rings. The molecule has 0 saturated carbocycles. The lowest BCUT2D eigenvalue weighted by atomic mass is 10.3. The fourth-order valence-corrected chi connectivity index (χ4v) is 2.98. The van der Waals surface area contributed by atoms with Crippen LogP contribution < -0.4 is 4.31 Å². The van der Waals surface area contributed by atoms with Crippen molar-refractivity contribution in [3.63, 3.8) is 0 Å². The average molecular weight is 273 g/mol. The fraction of sp³-hybridized carbons (Fsp3) is 0.500. The highest BCUT2D eigenvalue weighted by Gasteiger charge is 2.20. The van der Waals surface area contributed by atoms with Crippen LogP contribution in [0.5, 0.6) is 5.75 Å². The SMILES string of the molecule is CCOCCS(=O)(=O)N(CC)c1cccc(O)c1. The van der Waals surface area contributed by atoms with Crippen LogP contribution in [0.3, 0.4) is 0 Å². The molecule has 0 heterocycles. The number of aromatic hydroxyl groups is 1. The van der Waals surface area contributed by atoms with Crippen LogP contribution in [-0.2, 0) is 14.8 Å². The van der Waals surface area contributed by atoms with Crippen LogP contribution in [0.25, 0.3) is 0 Å². The van der Waals surface area contributed by atoms with E-state index in [4.69, 9.17) is 4.74 Å². The summed E-state index contributed by atoms with van der Waals surface area (Å²) < 4.78 is 30.6. The lowest BCUT2D eigenvalue weighted by Crippen LogP contribution is -2.34. The number of benzene rings is 1. The predicted molar refractivity (Wildman–Crippen MR) is 71.4 cm³/mol. The monoisotopic (exact) mass is 273 g/mol. The van der Waals surface area contributed by atoms with Crippen molar-refractivity contribution in [2.45, 2.75) is 13.8 Å². The van der Waals surface area contributed by atoms with E-state index < -0.39 is 10.0 Å². The van der Waals surface area contributed by atoms with Crippen LogP contribution in [0, 0.1) is 0 Å². The molecule has 0 aliphatic heterocycles. The molecule has 0 aliphatic carbocycles. The normalized spacial score (nSPS) is 11.4. The van der Waals surface area contributed by atoms with Crippen LogP contribution >= 0.6 is 0 Å². The Kier molecular flexibility index (Phi) is 5.43. The molecule has 5 nitrogen and oxygen atoms in total. The highest BCUT2D eigenvalue weighted by molar-refractivity contribution is 7.92. The van der Waals surface area contributed by atoms with Gasteiger partial charge in [0.25, 0.3) is 0 Å². The molecule has 6 heteroatoms. The zero-order valence-electron chi connectivity index (χ0n) is 10.7. The van der Waals surface area contributed by atoms with Crippen LogP contribution in [0.1, 0.15) is 13.8 Å². The number of sulfonamides is 1. The van der Waals surface area contributed by atoms with E-state index in [9.17, 15) is 13.5 Å². The topological polar surface area (TPSA) is 66.8 Å². The van der Waals surface area contributed by atoms with Crippen molar-refractivity contribution in [1.29, 1.82) is 0 Å². The van der Waals surface area contributed by atoms with Gasteiger partial charge < -0.3 is 9.84 Å². The minimum Gasteiger partial charge on any atom is -0.508 e. The second kappa shape index (κ2) is 6.61. The molecule has 0 radical (unpaired) electrons. The van der Waals surface area contributed by atoms with Crippen LogP contribution in [0.15, 0.2) is 24.3 Å². The van der Waals surface area contributed by atoms with Gasteiger partial charge in [-0.3, -0.25) is 4.31 Å². The van der Waals surface area contributed by atoms with Crippen molar-refractivity contribution in [3.05, 3.63) is 24.3 Å². The highest BCUT2D eigenvalue weighted by Crippen LogP contribution is 2.22. The van der Waals surface area contributed by atoms with Gasteiger partial charge in [-0.25, -0.2) is 8.42 Å². The quantitative estimate of drug-likeness (QED) is 0.766. The Hall–Kier alpha value is -1.27. The minimum absolute atomic E-state index is 0.0472. The van der Waals surface area contributed by atoms with Crippen molar-refractivity contribution < 1.29 is 18.3 Å². The van der Waals surface area contributed by atoms with Crippen LogP contribution in [-0.4, -0.2) is 39.0 Å². The Labute approximate surface area is 108 Å². The number of anilines is 1. The van der Waals surface area contributed by atoms with Crippen molar-refractivity contribution in [1.82, 2.24) is 0 Å². The first-order valence-electron chi connectivity index (χ1n) is 5.88. The van der Waals surface area contributed by atoms with Gasteiger partial charge in [0.15, 0.2) is 0 Å². The standard InChI is InChI=1S/C12H19NO4S/c1-3-13(11-6-5-7-12(14)10-11)18(15,16)9-8-17-4-2/h5-7,10,14H,3-4,8-9H2,1-2H3. The molecule has 18 heavy (non-hydrogen) atoms. The summed E-state index contributed by atoms with van der Waals surface area (Å²) >= 11 is 0. The number of hydrogen-bond acceptors (Lipinski definition) is 4. The molecule has 0 fully saturated rings. The third kappa shape index (κ3) is 3.89. The van der Waals surface area contributed by atoms with E-state index in [2.05, 4.69) is 0 Å². The van der Waals surface area contributed by atoms with Gasteiger partial charge in [0.1, 0.15) is 5.75 Å². The molecule has 1 N–H and O–H groups in total. The molecular weight excluding hydrogens is 254 g/mol. The highest BCUT2D eigenvalue weighted by atomic mass is 32.2. The Morgan fingerprint density at radius 3 is 2.61 bits per heavy atom. The van der Waals surface area contributed by atoms with Gasteiger partial charge in [-0.05, 0) is 26.0 Å². The lowest BCUT2D eigenvalue weighted by molar-refractivity contribution is 0.163. The second-order valence-corrected chi connectivity index (χ2v) is 5.71. The Morgan fingerprint density at radius 1 is 1.33 bits per heavy atom. The second-order valence-electron chi connectivity index (χ2n) is 3.70. The van der Waals surface area contributed by atoms with Crippen molar-refractivity contribution in [3.8, 4) is 5.75 Å². The third-order valence-electron chi connectivity index (χ3n) is 2.43. The molecule has 0 atom stereocenters. The minimum atomic E-state index is -3.42. The summed E-state index contributed by atoms with van der Waals surface area (Å²) in [6, 6.07) is 6.21. The number of rotatable bonds is 7. The fourth-order valence-electron chi connectivity index (χ4n) is 1.61. The Balaban J connectivity index is 2.88. The number of phenolic OH excluding ortho intramolecular Hbond substituents is 1. The first kappa shape index (κ1) is 14.8. The summed E-state index contributed by atoms with van der Waals surface area (Å²) in [7, 11) is -3.42. The average Bonchev–Trinajstić information content (AvgIpc) is 2.29. The maximum atomic E-state index is 12.1. The zero-order chi connectivity index (χ0) is 13.6. The molecule has 0 spiro atoms. The first-order chi connectivity index (χ1) is 8.51. The molecule has 1 aromatic carbocycles. The summed E-state index contributed by atoms with van der Waals surface area (Å²) in [4.78, 5) is 0. The Morgan fingerprint density at radius 2 is 2.06 bits per heavy atom. The van der Waals surface area contributed by atoms with Crippen LogP contribution in [0.2, 0.25) is 0 Å². The molecular formula is C12H19NO4S. The van der Waals surface area contributed by atoms with Crippen molar-refractivity contribution in [2.24, 2.45) is 0 Å². The van der Waals surface area contributed by atoms with E-state index >= 15 is 0 Å². The molecule has 102 valence electrons. The van der Waals surface area contributed by atoms with E-state index in [1.54, 1.807) is 19.1 Å². The van der Waals surface area contributed by atoms with E-state index in [-0.39, 0.29) is 18.1 Å². The van der Waals surface area contributed by atoms with Gasteiger partial charge in [0.05, 0.1) is 18.0 Å². The zero-order valence-corrected chi connectivity index (χ0v) is 11.5. The summed E-state index contributed by atoms with van der Waals surface area (Å²) in [5, 5.41) is 9.39. The van der Waals surface area contributed by atoms with E-state index in [0.717, 1.165) is 0 Å². The summed E-state index contributed by atoms with van der Waals surface area (Å²) in [6.07, 6.45) is 0. The van der Waals surface area contributed by atoms with Gasteiger partial charge in [-0.2, -0.15) is 0 Å². The first-order valence-corrected chi connectivity index (χ1v) is 7.49. The van der Waals surface area contributed by atoms with Gasteiger partial charge in [-0.1, -0.05) is 6.07 Å². The van der Waals surface area contributed by atoms with Gasteiger partial charge >= 0.3 is 0 Å². The maximum absolute atomic E-state index is 12.1. The third-order valence-corrected chi connectivity index (χ3v) is 4.25. The molecule has 0 aliphatic rings. The smallest absolute Gasteiger partial charge is 0.237 e. The summed E-state index contributed by atoms with van der Waals surface area (Å²) in [5.74, 6) is -0.0180. The molecule has 0 saturated heterocycles.